The van der Waals surface area contributed by atoms with E-state index in [0.717, 1.165) is 31.3 Å². The Morgan fingerprint density at radius 1 is 1.06 bits per heavy atom. The highest BCUT2D eigenvalue weighted by molar-refractivity contribution is 6.05. The van der Waals surface area contributed by atoms with Crippen molar-refractivity contribution in [2.75, 3.05) is 0 Å². The molecule has 0 spiro atoms. The molecule has 0 saturated heterocycles. The molecule has 88 valence electrons. The maximum absolute atomic E-state index is 12.1. The molecule has 3 rings (SSSR count). The fourth-order valence-corrected chi connectivity index (χ4v) is 3.27. The van der Waals surface area contributed by atoms with Crippen LogP contribution < -0.4 is 0 Å². The van der Waals surface area contributed by atoms with Gasteiger partial charge in [0.05, 0.1) is 0 Å². The Morgan fingerprint density at radius 2 is 1.82 bits per heavy atom. The molecule has 1 nitrogen and oxygen atoms in total. The second kappa shape index (κ2) is 3.56. The van der Waals surface area contributed by atoms with Crippen molar-refractivity contribution in [1.82, 2.24) is 0 Å². The Labute approximate surface area is 103 Å². The Morgan fingerprint density at radius 3 is 2.65 bits per heavy atom. The van der Waals surface area contributed by atoms with E-state index in [4.69, 9.17) is 0 Å². The summed E-state index contributed by atoms with van der Waals surface area (Å²) in [6.45, 7) is 4.50. The highest BCUT2D eigenvalue weighted by atomic mass is 16.1. The molecule has 2 aliphatic rings. The van der Waals surface area contributed by atoms with Crippen molar-refractivity contribution in [3.63, 3.8) is 0 Å². The number of hydrogen-bond donors (Lipinski definition) is 0. The van der Waals surface area contributed by atoms with E-state index in [1.165, 1.54) is 16.7 Å². The molecular formula is C16H18O. The second-order valence-electron chi connectivity index (χ2n) is 5.84. The van der Waals surface area contributed by atoms with Gasteiger partial charge in [0.2, 0.25) is 0 Å². The van der Waals surface area contributed by atoms with Crippen LogP contribution in [0.3, 0.4) is 0 Å². The highest BCUT2D eigenvalue weighted by Crippen LogP contribution is 2.46. The van der Waals surface area contributed by atoms with Gasteiger partial charge in [-0.15, -0.1) is 0 Å². The molecule has 0 unspecified atom stereocenters. The van der Waals surface area contributed by atoms with Crippen molar-refractivity contribution in [3.8, 4) is 0 Å². The van der Waals surface area contributed by atoms with Crippen molar-refractivity contribution in [2.45, 2.75) is 44.9 Å². The molecule has 0 radical (unpaired) electrons. The predicted octanol–water partition coefficient (Wildman–Crippen LogP) is 3.87. The largest absolute Gasteiger partial charge is 0.295 e. The molecule has 0 atom stereocenters. The van der Waals surface area contributed by atoms with Crippen LogP contribution in [0.2, 0.25) is 0 Å². The Hall–Kier alpha value is -1.37. The number of allylic oxidation sites excluding steroid dienone is 2. The van der Waals surface area contributed by atoms with E-state index in [1.54, 1.807) is 0 Å². The molecule has 0 aliphatic heterocycles. The van der Waals surface area contributed by atoms with E-state index in [2.05, 4.69) is 38.1 Å². The Bertz CT molecular complexity index is 520. The normalized spacial score (nSPS) is 22.1. The first kappa shape index (κ1) is 10.8. The number of carbonyl (C=O) groups excluding carboxylic acids is 1. The van der Waals surface area contributed by atoms with Crippen LogP contribution >= 0.6 is 0 Å². The molecular weight excluding hydrogens is 208 g/mol. The lowest BCUT2D eigenvalue weighted by atomic mass is 9.67. The molecule has 0 N–H and O–H groups in total. The standard InChI is InChI=1S/C16H18O/c1-16(2)10-13-11(7-5-9-15(13)17)12-6-3-4-8-14(12)16/h3-4,6,8H,5,7,9-10H2,1-2H3. The number of fused-ring (bicyclic) bond motifs is 2. The highest BCUT2D eigenvalue weighted by Gasteiger charge is 2.35. The monoisotopic (exact) mass is 226 g/mol. The second-order valence-corrected chi connectivity index (χ2v) is 5.84. The molecule has 0 fully saturated rings. The fourth-order valence-electron chi connectivity index (χ4n) is 3.27. The first-order chi connectivity index (χ1) is 8.09. The number of Topliss-reactive ketones (excluding diaryl/α,β-unsaturated/α-hetero) is 1. The van der Waals surface area contributed by atoms with Crippen LogP contribution in [0.5, 0.6) is 0 Å². The Balaban J connectivity index is 2.25. The number of benzene rings is 1. The van der Waals surface area contributed by atoms with E-state index in [0.29, 0.717) is 5.78 Å². The third-order valence-electron chi connectivity index (χ3n) is 4.13. The molecule has 0 heterocycles. The van der Waals surface area contributed by atoms with Gasteiger partial charge < -0.3 is 0 Å². The van der Waals surface area contributed by atoms with E-state index in [1.807, 2.05) is 0 Å². The molecule has 17 heavy (non-hydrogen) atoms. The topological polar surface area (TPSA) is 17.1 Å². The van der Waals surface area contributed by atoms with Gasteiger partial charge >= 0.3 is 0 Å². The third kappa shape index (κ3) is 1.56. The van der Waals surface area contributed by atoms with E-state index >= 15 is 0 Å². The zero-order valence-corrected chi connectivity index (χ0v) is 10.5. The van der Waals surface area contributed by atoms with Crippen LogP contribution in [-0.4, -0.2) is 5.78 Å². The molecule has 0 saturated carbocycles. The van der Waals surface area contributed by atoms with Crippen molar-refractivity contribution >= 4 is 11.4 Å². The van der Waals surface area contributed by atoms with Crippen molar-refractivity contribution in [3.05, 3.63) is 41.0 Å². The maximum Gasteiger partial charge on any atom is 0.159 e. The first-order valence-electron chi connectivity index (χ1n) is 6.45. The van der Waals surface area contributed by atoms with Crippen LogP contribution in [0.1, 0.15) is 50.7 Å². The van der Waals surface area contributed by atoms with Crippen molar-refractivity contribution in [1.29, 1.82) is 0 Å². The summed E-state index contributed by atoms with van der Waals surface area (Å²) in [5.41, 5.74) is 5.28. The summed E-state index contributed by atoms with van der Waals surface area (Å²) in [6, 6.07) is 8.60. The molecule has 1 aromatic carbocycles. The lowest BCUT2D eigenvalue weighted by Gasteiger charge is -2.37. The molecule has 0 bridgehead atoms. The molecule has 2 aliphatic carbocycles. The van der Waals surface area contributed by atoms with Gasteiger partial charge in [0, 0.05) is 6.42 Å². The fraction of sp³-hybridized carbons (Fsp3) is 0.438. The molecule has 0 amide bonds. The minimum atomic E-state index is 0.0996. The van der Waals surface area contributed by atoms with Crippen LogP contribution in [0.15, 0.2) is 29.8 Å². The van der Waals surface area contributed by atoms with Gasteiger partial charge in [-0.05, 0) is 47.0 Å². The zero-order valence-electron chi connectivity index (χ0n) is 10.5. The average Bonchev–Trinajstić information content (AvgIpc) is 2.31. The quantitative estimate of drug-likeness (QED) is 0.656. The first-order valence-corrected chi connectivity index (χ1v) is 6.45. The molecule has 1 aromatic rings. The van der Waals surface area contributed by atoms with Gasteiger partial charge in [-0.25, -0.2) is 0 Å². The van der Waals surface area contributed by atoms with Gasteiger partial charge in [-0.1, -0.05) is 38.1 Å². The number of ketones is 1. The van der Waals surface area contributed by atoms with Crippen molar-refractivity contribution in [2.24, 2.45) is 0 Å². The zero-order chi connectivity index (χ0) is 12.0. The summed E-state index contributed by atoms with van der Waals surface area (Å²) in [7, 11) is 0. The smallest absolute Gasteiger partial charge is 0.159 e. The molecule has 1 heteroatoms. The summed E-state index contributed by atoms with van der Waals surface area (Å²) in [4.78, 5) is 12.1. The van der Waals surface area contributed by atoms with Gasteiger partial charge in [0.1, 0.15) is 0 Å². The average molecular weight is 226 g/mol. The number of hydrogen-bond acceptors (Lipinski definition) is 1. The van der Waals surface area contributed by atoms with Crippen LogP contribution in [0.25, 0.3) is 5.57 Å². The number of carbonyl (C=O) groups is 1. The third-order valence-corrected chi connectivity index (χ3v) is 4.13. The van der Waals surface area contributed by atoms with Crippen molar-refractivity contribution < 1.29 is 4.79 Å². The lowest BCUT2D eigenvalue weighted by Crippen LogP contribution is -2.28. The van der Waals surface area contributed by atoms with Crippen LogP contribution in [-0.2, 0) is 10.2 Å². The summed E-state index contributed by atoms with van der Waals surface area (Å²) in [5.74, 6) is 0.383. The predicted molar refractivity (Wildman–Crippen MR) is 69.9 cm³/mol. The van der Waals surface area contributed by atoms with E-state index in [9.17, 15) is 4.79 Å². The summed E-state index contributed by atoms with van der Waals surface area (Å²) in [6.07, 6.45) is 3.76. The summed E-state index contributed by atoms with van der Waals surface area (Å²) in [5, 5.41) is 0. The van der Waals surface area contributed by atoms with Gasteiger partial charge in [0.25, 0.3) is 0 Å². The SMILES string of the molecule is CC1(C)CC2=C(CCCC2=O)c2ccccc21. The maximum atomic E-state index is 12.1. The number of rotatable bonds is 0. The van der Waals surface area contributed by atoms with E-state index in [-0.39, 0.29) is 5.41 Å². The van der Waals surface area contributed by atoms with Gasteiger partial charge in [0.15, 0.2) is 5.78 Å². The minimum absolute atomic E-state index is 0.0996. The van der Waals surface area contributed by atoms with Gasteiger partial charge in [-0.3, -0.25) is 4.79 Å². The van der Waals surface area contributed by atoms with Crippen LogP contribution in [0, 0.1) is 0 Å². The minimum Gasteiger partial charge on any atom is -0.295 e. The van der Waals surface area contributed by atoms with Gasteiger partial charge in [-0.2, -0.15) is 0 Å². The summed E-state index contributed by atoms with van der Waals surface area (Å²) < 4.78 is 0. The lowest BCUT2D eigenvalue weighted by molar-refractivity contribution is -0.116. The van der Waals surface area contributed by atoms with Crippen LogP contribution in [0.4, 0.5) is 0 Å². The Kier molecular flexibility index (Phi) is 2.25. The molecule has 0 aromatic heterocycles. The van der Waals surface area contributed by atoms with E-state index < -0.39 is 0 Å². The summed E-state index contributed by atoms with van der Waals surface area (Å²) >= 11 is 0.